The Bertz CT molecular complexity index is 415. The van der Waals surface area contributed by atoms with Gasteiger partial charge in [0.1, 0.15) is 11.6 Å². The van der Waals surface area contributed by atoms with E-state index in [1.807, 2.05) is 0 Å². The lowest BCUT2D eigenvalue weighted by molar-refractivity contribution is -0.126. The Morgan fingerprint density at radius 2 is 2.17 bits per heavy atom. The molecule has 1 aliphatic rings. The van der Waals surface area contributed by atoms with E-state index < -0.39 is 6.04 Å². The minimum Gasteiger partial charge on any atom is -0.344 e. The molecule has 1 saturated carbocycles. The molecule has 0 aromatic carbocycles. The SMILES string of the molecule is CC(=O)NC(C(=O)Nc1nncs1)C1CCCC1. The van der Waals surface area contributed by atoms with Crippen molar-refractivity contribution in [2.45, 2.75) is 38.6 Å². The van der Waals surface area contributed by atoms with E-state index in [1.165, 1.54) is 18.3 Å². The first-order valence-corrected chi connectivity index (χ1v) is 6.89. The van der Waals surface area contributed by atoms with Crippen LogP contribution in [0, 0.1) is 5.92 Å². The molecule has 0 saturated heterocycles. The minimum atomic E-state index is -0.464. The van der Waals surface area contributed by atoms with E-state index in [1.54, 1.807) is 5.51 Å². The average Bonchev–Trinajstić information content (AvgIpc) is 2.97. The Kier molecular flexibility index (Phi) is 4.24. The largest absolute Gasteiger partial charge is 0.344 e. The Labute approximate surface area is 109 Å². The second-order valence-electron chi connectivity index (χ2n) is 4.46. The lowest BCUT2D eigenvalue weighted by Gasteiger charge is -2.22. The van der Waals surface area contributed by atoms with Gasteiger partial charge in [-0.1, -0.05) is 24.2 Å². The van der Waals surface area contributed by atoms with E-state index in [4.69, 9.17) is 0 Å². The molecule has 2 amide bonds. The molecule has 2 N–H and O–H groups in total. The van der Waals surface area contributed by atoms with Crippen LogP contribution in [0.5, 0.6) is 0 Å². The number of rotatable bonds is 4. The van der Waals surface area contributed by atoms with Crippen LogP contribution in [0.2, 0.25) is 0 Å². The molecule has 0 spiro atoms. The molecule has 1 aliphatic carbocycles. The molecule has 1 aromatic rings. The summed E-state index contributed by atoms with van der Waals surface area (Å²) in [5, 5.41) is 13.3. The van der Waals surface area contributed by atoms with Crippen LogP contribution in [0.4, 0.5) is 5.13 Å². The fraction of sp³-hybridized carbons (Fsp3) is 0.636. The molecule has 0 bridgehead atoms. The van der Waals surface area contributed by atoms with Crippen molar-refractivity contribution in [3.05, 3.63) is 5.51 Å². The van der Waals surface area contributed by atoms with Crippen molar-refractivity contribution >= 4 is 28.3 Å². The maximum atomic E-state index is 12.1. The number of nitrogens with one attached hydrogen (secondary N) is 2. The highest BCUT2D eigenvalue weighted by Gasteiger charge is 2.31. The number of hydrogen-bond acceptors (Lipinski definition) is 5. The number of carbonyl (C=O) groups is 2. The third-order valence-electron chi connectivity index (χ3n) is 3.10. The summed E-state index contributed by atoms with van der Waals surface area (Å²) >= 11 is 1.26. The topological polar surface area (TPSA) is 84.0 Å². The van der Waals surface area contributed by atoms with Gasteiger partial charge in [0.25, 0.3) is 0 Å². The van der Waals surface area contributed by atoms with E-state index in [2.05, 4.69) is 20.8 Å². The summed E-state index contributed by atoms with van der Waals surface area (Å²) in [6.07, 6.45) is 4.20. The molecule has 1 atom stereocenters. The molecule has 0 radical (unpaired) electrons. The highest BCUT2D eigenvalue weighted by molar-refractivity contribution is 7.13. The Morgan fingerprint density at radius 3 is 2.72 bits per heavy atom. The standard InChI is InChI=1S/C11H16N4O2S/c1-7(16)13-9(8-4-2-3-5-8)10(17)14-11-15-12-6-18-11/h6,8-9H,2-5H2,1H3,(H,13,16)(H,14,15,17). The van der Waals surface area contributed by atoms with Crippen LogP contribution in [-0.4, -0.2) is 28.1 Å². The summed E-state index contributed by atoms with van der Waals surface area (Å²) in [6, 6.07) is -0.464. The molecule has 6 nitrogen and oxygen atoms in total. The first-order chi connectivity index (χ1) is 8.66. The minimum absolute atomic E-state index is 0.181. The van der Waals surface area contributed by atoms with Gasteiger partial charge in [0.05, 0.1) is 0 Å². The summed E-state index contributed by atoms with van der Waals surface area (Å²) in [4.78, 5) is 23.3. The van der Waals surface area contributed by atoms with Gasteiger partial charge in [-0.2, -0.15) is 0 Å². The van der Waals surface area contributed by atoms with Crippen molar-refractivity contribution in [1.29, 1.82) is 0 Å². The normalized spacial score (nSPS) is 17.4. The predicted octanol–water partition coefficient (Wildman–Crippen LogP) is 1.17. The number of carbonyl (C=O) groups excluding carboxylic acids is 2. The Hall–Kier alpha value is -1.50. The van der Waals surface area contributed by atoms with Crippen molar-refractivity contribution in [2.75, 3.05) is 5.32 Å². The van der Waals surface area contributed by atoms with E-state index >= 15 is 0 Å². The van der Waals surface area contributed by atoms with Crippen LogP contribution in [-0.2, 0) is 9.59 Å². The van der Waals surface area contributed by atoms with Crippen molar-refractivity contribution < 1.29 is 9.59 Å². The molecule has 7 heteroatoms. The zero-order chi connectivity index (χ0) is 13.0. The van der Waals surface area contributed by atoms with E-state index in [9.17, 15) is 9.59 Å². The number of anilines is 1. The lowest BCUT2D eigenvalue weighted by Crippen LogP contribution is -2.47. The van der Waals surface area contributed by atoms with Gasteiger partial charge in [-0.3, -0.25) is 14.9 Å². The van der Waals surface area contributed by atoms with E-state index in [0.717, 1.165) is 25.7 Å². The molecule has 1 heterocycles. The second kappa shape index (κ2) is 5.90. The molecule has 18 heavy (non-hydrogen) atoms. The van der Waals surface area contributed by atoms with Crippen molar-refractivity contribution in [1.82, 2.24) is 15.5 Å². The molecular weight excluding hydrogens is 252 g/mol. The molecule has 1 unspecified atom stereocenters. The summed E-state index contributed by atoms with van der Waals surface area (Å²) in [6.45, 7) is 1.43. The van der Waals surface area contributed by atoms with Crippen molar-refractivity contribution in [3.63, 3.8) is 0 Å². The van der Waals surface area contributed by atoms with Gasteiger partial charge in [0, 0.05) is 6.92 Å². The fourth-order valence-corrected chi connectivity index (χ4v) is 2.77. The number of hydrogen-bond donors (Lipinski definition) is 2. The number of nitrogens with zero attached hydrogens (tertiary/aromatic N) is 2. The maximum Gasteiger partial charge on any atom is 0.249 e. The van der Waals surface area contributed by atoms with Crippen LogP contribution in [0.25, 0.3) is 0 Å². The highest BCUT2D eigenvalue weighted by Crippen LogP contribution is 2.28. The summed E-state index contributed by atoms with van der Waals surface area (Å²) in [5.41, 5.74) is 1.55. The van der Waals surface area contributed by atoms with Gasteiger partial charge >= 0.3 is 0 Å². The first-order valence-electron chi connectivity index (χ1n) is 6.01. The summed E-state index contributed by atoms with van der Waals surface area (Å²) in [5.74, 6) is -0.157. The highest BCUT2D eigenvalue weighted by atomic mass is 32.1. The zero-order valence-corrected chi connectivity index (χ0v) is 11.0. The Morgan fingerprint density at radius 1 is 1.44 bits per heavy atom. The van der Waals surface area contributed by atoms with Gasteiger partial charge < -0.3 is 5.32 Å². The number of amides is 2. The van der Waals surface area contributed by atoms with Crippen LogP contribution in [0.1, 0.15) is 32.6 Å². The van der Waals surface area contributed by atoms with Crippen LogP contribution in [0.15, 0.2) is 5.51 Å². The molecular formula is C11H16N4O2S. The summed E-state index contributed by atoms with van der Waals surface area (Å²) in [7, 11) is 0. The molecule has 0 aliphatic heterocycles. The second-order valence-corrected chi connectivity index (χ2v) is 5.29. The molecule has 1 aromatic heterocycles. The first kappa shape index (κ1) is 12.9. The van der Waals surface area contributed by atoms with Crippen LogP contribution >= 0.6 is 11.3 Å². The van der Waals surface area contributed by atoms with E-state index in [-0.39, 0.29) is 17.7 Å². The van der Waals surface area contributed by atoms with Crippen molar-refractivity contribution in [2.24, 2.45) is 5.92 Å². The maximum absolute atomic E-state index is 12.1. The molecule has 1 fully saturated rings. The van der Waals surface area contributed by atoms with Gasteiger partial charge in [0.15, 0.2) is 0 Å². The summed E-state index contributed by atoms with van der Waals surface area (Å²) < 4.78 is 0. The fourth-order valence-electron chi connectivity index (χ4n) is 2.32. The third kappa shape index (κ3) is 3.25. The van der Waals surface area contributed by atoms with Gasteiger partial charge in [0.2, 0.25) is 16.9 Å². The quantitative estimate of drug-likeness (QED) is 0.858. The van der Waals surface area contributed by atoms with Gasteiger partial charge in [-0.15, -0.1) is 10.2 Å². The third-order valence-corrected chi connectivity index (χ3v) is 3.71. The lowest BCUT2D eigenvalue weighted by atomic mass is 9.97. The zero-order valence-electron chi connectivity index (χ0n) is 10.2. The number of aromatic nitrogens is 2. The molecule has 98 valence electrons. The van der Waals surface area contributed by atoms with Gasteiger partial charge in [-0.05, 0) is 18.8 Å². The van der Waals surface area contributed by atoms with Gasteiger partial charge in [-0.25, -0.2) is 0 Å². The Balaban J connectivity index is 2.02. The monoisotopic (exact) mass is 268 g/mol. The van der Waals surface area contributed by atoms with Crippen LogP contribution in [0.3, 0.4) is 0 Å². The molecule has 2 rings (SSSR count). The van der Waals surface area contributed by atoms with Crippen molar-refractivity contribution in [3.8, 4) is 0 Å². The smallest absolute Gasteiger partial charge is 0.249 e. The van der Waals surface area contributed by atoms with E-state index in [0.29, 0.717) is 5.13 Å². The predicted molar refractivity (Wildman–Crippen MR) is 68.1 cm³/mol. The van der Waals surface area contributed by atoms with Crippen LogP contribution < -0.4 is 10.6 Å². The average molecular weight is 268 g/mol.